The fraction of sp³-hybridized carbons (Fsp3) is 0.528. The fourth-order valence-electron chi connectivity index (χ4n) is 6.03. The second-order valence-electron chi connectivity index (χ2n) is 14.3. The predicted octanol–water partition coefficient (Wildman–Crippen LogP) is 4.20. The highest BCUT2D eigenvalue weighted by Crippen LogP contribution is 2.39. The van der Waals surface area contributed by atoms with Gasteiger partial charge in [0.25, 0.3) is 5.91 Å². The lowest BCUT2D eigenvalue weighted by molar-refractivity contribution is -0.164. The summed E-state index contributed by atoms with van der Waals surface area (Å²) in [6.07, 6.45) is -3.82. The molecule has 1 saturated heterocycles. The van der Waals surface area contributed by atoms with Gasteiger partial charge in [0, 0.05) is 37.8 Å². The first-order valence-electron chi connectivity index (χ1n) is 17.0. The third kappa shape index (κ3) is 10.1. The Bertz CT molecular complexity index is 1680. The van der Waals surface area contributed by atoms with E-state index in [2.05, 4.69) is 20.7 Å². The number of ether oxygens (including phenoxy) is 2. The van der Waals surface area contributed by atoms with Crippen LogP contribution in [0.2, 0.25) is 0 Å². The van der Waals surface area contributed by atoms with E-state index in [1.165, 1.54) is 24.9 Å². The van der Waals surface area contributed by atoms with E-state index in [-0.39, 0.29) is 51.1 Å². The molecule has 282 valence electrons. The molecular weight excluding hydrogens is 685 g/mol. The van der Waals surface area contributed by atoms with Crippen LogP contribution in [0.1, 0.15) is 76.0 Å². The molecule has 2 N–H and O–H groups in total. The molecule has 4 amide bonds. The number of aromatic nitrogens is 1. The number of hydrazone groups is 1. The smallest absolute Gasteiger partial charge is 0.408 e. The Hall–Kier alpha value is -5.02. The summed E-state index contributed by atoms with van der Waals surface area (Å²) >= 11 is 0. The van der Waals surface area contributed by atoms with Crippen LogP contribution in [0.15, 0.2) is 53.8 Å². The molecule has 0 bridgehead atoms. The number of rotatable bonds is 12. The van der Waals surface area contributed by atoms with Gasteiger partial charge in [-0.15, -0.1) is 0 Å². The van der Waals surface area contributed by atoms with Crippen molar-refractivity contribution in [1.29, 1.82) is 0 Å². The quantitative estimate of drug-likeness (QED) is 0.308. The minimum atomic E-state index is -4.71. The minimum Gasteiger partial charge on any atom is -0.462 e. The molecule has 2 atom stereocenters. The van der Waals surface area contributed by atoms with Crippen molar-refractivity contribution in [3.63, 3.8) is 0 Å². The van der Waals surface area contributed by atoms with Crippen LogP contribution in [0, 0.1) is 5.41 Å². The average Bonchev–Trinajstić information content (AvgIpc) is 3.30. The Morgan fingerprint density at radius 3 is 2.31 bits per heavy atom. The van der Waals surface area contributed by atoms with Crippen molar-refractivity contribution >= 4 is 35.5 Å². The van der Waals surface area contributed by atoms with Gasteiger partial charge in [0.2, 0.25) is 11.8 Å². The highest BCUT2D eigenvalue weighted by Gasteiger charge is 2.56. The average molecular weight is 731 g/mol. The topological polar surface area (TPSA) is 160 Å². The number of alkyl halides is 3. The number of nitrogens with one attached hydrogen (secondary N) is 2. The lowest BCUT2D eigenvalue weighted by atomic mass is 9.74. The van der Waals surface area contributed by atoms with Crippen LogP contribution in [0.25, 0.3) is 0 Å². The number of carbonyl (C=O) groups excluding carboxylic acids is 5. The first kappa shape index (κ1) is 39.8. The van der Waals surface area contributed by atoms with Gasteiger partial charge in [-0.05, 0) is 84.2 Å². The standard InChI is InChI=1S/C36H45F3N6O7/c1-7-51-29(47)24-14-11-23(12-15-24)13-16-26(41-30(48)34(5,6)42-32(50)52-33(2,3)4)28(46)44-19-17-27-35(21-44,20-25-10-8-9-18-40-25)31(49)45(43-27)22-36(37,38)39/h8-12,14-15,18,26H,7,13,16-17,19-22H2,1-6H3,(H,41,48)(H,42,50). The maximum atomic E-state index is 14.4. The number of nitrogens with zero attached hydrogens (tertiary/aromatic N) is 4. The molecule has 0 saturated carbocycles. The van der Waals surface area contributed by atoms with Gasteiger partial charge in [0.1, 0.15) is 29.1 Å². The molecule has 52 heavy (non-hydrogen) atoms. The normalized spacial score (nSPS) is 18.2. The van der Waals surface area contributed by atoms with Crippen molar-refractivity contribution in [3.05, 3.63) is 65.5 Å². The molecule has 1 aromatic heterocycles. The third-order valence-electron chi connectivity index (χ3n) is 8.54. The lowest BCUT2D eigenvalue weighted by Gasteiger charge is -2.41. The number of esters is 1. The summed E-state index contributed by atoms with van der Waals surface area (Å²) < 4.78 is 50.8. The molecule has 1 aromatic carbocycles. The summed E-state index contributed by atoms with van der Waals surface area (Å²) in [6, 6.07) is 10.4. The number of halogens is 3. The molecule has 1 fully saturated rings. The number of hydrogen-bond donors (Lipinski definition) is 2. The molecular formula is C36H45F3N6O7. The van der Waals surface area contributed by atoms with E-state index in [0.717, 1.165) is 5.56 Å². The summed E-state index contributed by atoms with van der Waals surface area (Å²) in [4.78, 5) is 72.2. The maximum Gasteiger partial charge on any atom is 0.408 e. The fourth-order valence-corrected chi connectivity index (χ4v) is 6.03. The lowest BCUT2D eigenvalue weighted by Crippen LogP contribution is -2.62. The number of piperidine rings is 1. The van der Waals surface area contributed by atoms with Gasteiger partial charge >= 0.3 is 18.2 Å². The molecule has 2 aromatic rings. The Balaban J connectivity index is 1.62. The summed E-state index contributed by atoms with van der Waals surface area (Å²) in [5, 5.41) is 9.77. The third-order valence-corrected chi connectivity index (χ3v) is 8.54. The van der Waals surface area contributed by atoms with Crippen LogP contribution >= 0.6 is 0 Å². The van der Waals surface area contributed by atoms with Gasteiger partial charge < -0.3 is 25.0 Å². The van der Waals surface area contributed by atoms with Crippen molar-refractivity contribution in [2.75, 3.05) is 26.2 Å². The highest BCUT2D eigenvalue weighted by molar-refractivity contribution is 6.14. The number of alkyl carbamates (subject to hydrolysis) is 1. The Kier molecular flexibility index (Phi) is 12.0. The molecule has 0 aliphatic carbocycles. The molecule has 0 radical (unpaired) electrons. The summed E-state index contributed by atoms with van der Waals surface area (Å²) in [5.41, 5.74) is -2.26. The number of benzene rings is 1. The highest BCUT2D eigenvalue weighted by atomic mass is 19.4. The first-order valence-corrected chi connectivity index (χ1v) is 17.0. The van der Waals surface area contributed by atoms with Crippen LogP contribution in [-0.2, 0) is 36.7 Å². The Labute approximate surface area is 300 Å². The number of likely N-dealkylation sites (tertiary alicyclic amines) is 1. The molecule has 4 rings (SSSR count). The van der Waals surface area contributed by atoms with Gasteiger partial charge in [0.05, 0.1) is 17.9 Å². The predicted molar refractivity (Wildman–Crippen MR) is 183 cm³/mol. The Morgan fingerprint density at radius 1 is 1.02 bits per heavy atom. The van der Waals surface area contributed by atoms with Crippen molar-refractivity contribution in [2.24, 2.45) is 10.5 Å². The number of pyridine rings is 1. The molecule has 16 heteroatoms. The zero-order valence-corrected chi connectivity index (χ0v) is 30.1. The number of amides is 4. The largest absolute Gasteiger partial charge is 0.462 e. The van der Waals surface area contributed by atoms with Crippen LogP contribution in [0.3, 0.4) is 0 Å². The second kappa shape index (κ2) is 15.7. The van der Waals surface area contributed by atoms with E-state index >= 15 is 0 Å². The summed E-state index contributed by atoms with van der Waals surface area (Å²) in [5.74, 6) is -2.67. The van der Waals surface area contributed by atoms with E-state index in [9.17, 15) is 37.1 Å². The van der Waals surface area contributed by atoms with Gasteiger partial charge in [-0.25, -0.2) is 14.6 Å². The number of hydrogen-bond acceptors (Lipinski definition) is 9. The van der Waals surface area contributed by atoms with E-state index in [1.54, 1.807) is 70.2 Å². The monoisotopic (exact) mass is 730 g/mol. The molecule has 13 nitrogen and oxygen atoms in total. The molecule has 2 unspecified atom stereocenters. The van der Waals surface area contributed by atoms with Crippen molar-refractivity contribution in [3.8, 4) is 0 Å². The molecule has 3 heterocycles. The van der Waals surface area contributed by atoms with Crippen LogP contribution in [0.4, 0.5) is 18.0 Å². The van der Waals surface area contributed by atoms with Crippen LogP contribution < -0.4 is 10.6 Å². The van der Waals surface area contributed by atoms with Crippen LogP contribution in [0.5, 0.6) is 0 Å². The Morgan fingerprint density at radius 2 is 1.71 bits per heavy atom. The zero-order chi connectivity index (χ0) is 38.5. The van der Waals surface area contributed by atoms with E-state index < -0.39 is 65.1 Å². The SMILES string of the molecule is CCOC(=O)c1ccc(CCC(NC(=O)C(C)(C)NC(=O)OC(C)(C)C)C(=O)N2CCC3=NN(CC(F)(F)F)C(=O)C3(Cc3ccccn3)C2)cc1. The summed E-state index contributed by atoms with van der Waals surface area (Å²) in [7, 11) is 0. The van der Waals surface area contributed by atoms with Crippen molar-refractivity contribution < 1.29 is 46.6 Å². The van der Waals surface area contributed by atoms with E-state index in [0.29, 0.717) is 16.3 Å². The first-order chi connectivity index (χ1) is 24.2. The molecule has 2 aliphatic rings. The van der Waals surface area contributed by atoms with E-state index in [4.69, 9.17) is 9.47 Å². The molecule has 0 spiro atoms. The summed E-state index contributed by atoms with van der Waals surface area (Å²) in [6.45, 7) is 7.94. The van der Waals surface area contributed by atoms with E-state index in [1.807, 2.05) is 0 Å². The maximum absolute atomic E-state index is 14.4. The van der Waals surface area contributed by atoms with Gasteiger partial charge in [0.15, 0.2) is 0 Å². The van der Waals surface area contributed by atoms with Gasteiger partial charge in [-0.1, -0.05) is 18.2 Å². The number of aryl methyl sites for hydroxylation is 1. The number of fused-ring (bicyclic) bond motifs is 1. The zero-order valence-electron chi connectivity index (χ0n) is 30.1. The van der Waals surface area contributed by atoms with Crippen molar-refractivity contribution in [2.45, 2.75) is 90.6 Å². The van der Waals surface area contributed by atoms with Gasteiger partial charge in [-0.2, -0.15) is 18.3 Å². The molecule has 2 aliphatic heterocycles. The minimum absolute atomic E-state index is 0.0142. The van der Waals surface area contributed by atoms with Crippen molar-refractivity contribution in [1.82, 2.24) is 25.5 Å². The van der Waals surface area contributed by atoms with Crippen LogP contribution in [-0.4, -0.2) is 100.0 Å². The number of carbonyl (C=O) groups is 5. The second-order valence-corrected chi connectivity index (χ2v) is 14.3. The van der Waals surface area contributed by atoms with Gasteiger partial charge in [-0.3, -0.25) is 19.4 Å².